The third-order valence-electron chi connectivity index (χ3n) is 3.97. The Hall–Kier alpha value is -0.980. The quantitative estimate of drug-likeness (QED) is 0.346. The third-order valence-corrected chi connectivity index (χ3v) is 3.97. The molecule has 0 radical (unpaired) electrons. The average molecular weight is 417 g/mol. The standard InChI is InChI=1S/C17H27N3O.HI/c1-14-4-6-16(7-5-14)21-13-3-10-19-17(18)20-11-8-15(2)9-12-20;/h4-7,15H,3,8-13H2,1-2H3,(H2,18,19);1H. The molecule has 1 fully saturated rings. The van der Waals surface area contributed by atoms with Crippen LogP contribution in [-0.4, -0.2) is 37.1 Å². The molecule has 0 amide bonds. The van der Waals surface area contributed by atoms with Crippen LogP contribution in [0.2, 0.25) is 0 Å². The Bertz CT molecular complexity index is 453. The molecule has 22 heavy (non-hydrogen) atoms. The summed E-state index contributed by atoms with van der Waals surface area (Å²) in [5.74, 6) is 2.43. The number of ether oxygens (including phenoxy) is 1. The number of hydrogen-bond donors (Lipinski definition) is 1. The third kappa shape index (κ3) is 6.42. The first-order valence-electron chi connectivity index (χ1n) is 7.89. The number of rotatable bonds is 5. The summed E-state index contributed by atoms with van der Waals surface area (Å²) in [5, 5.41) is 0. The molecule has 124 valence electrons. The van der Waals surface area contributed by atoms with Crippen molar-refractivity contribution >= 4 is 29.9 Å². The first-order valence-corrected chi connectivity index (χ1v) is 7.89. The molecule has 1 heterocycles. The van der Waals surface area contributed by atoms with Crippen LogP contribution < -0.4 is 10.5 Å². The molecule has 0 aromatic heterocycles. The van der Waals surface area contributed by atoms with Gasteiger partial charge in [-0.3, -0.25) is 4.99 Å². The lowest BCUT2D eigenvalue weighted by atomic mass is 10.00. The molecule has 0 bridgehead atoms. The van der Waals surface area contributed by atoms with Crippen molar-refractivity contribution in [1.82, 2.24) is 4.90 Å². The molecule has 0 aliphatic carbocycles. The molecule has 2 N–H and O–H groups in total. The van der Waals surface area contributed by atoms with Gasteiger partial charge >= 0.3 is 0 Å². The lowest BCUT2D eigenvalue weighted by molar-refractivity contribution is 0.277. The Balaban J connectivity index is 0.00000242. The molecule has 1 saturated heterocycles. The minimum Gasteiger partial charge on any atom is -0.494 e. The van der Waals surface area contributed by atoms with Crippen LogP contribution in [-0.2, 0) is 0 Å². The first-order chi connectivity index (χ1) is 10.1. The lowest BCUT2D eigenvalue weighted by Crippen LogP contribution is -2.42. The van der Waals surface area contributed by atoms with Gasteiger partial charge in [0.2, 0.25) is 0 Å². The Morgan fingerprint density at radius 1 is 1.27 bits per heavy atom. The summed E-state index contributed by atoms with van der Waals surface area (Å²) in [7, 11) is 0. The predicted octanol–water partition coefficient (Wildman–Crippen LogP) is 3.43. The molecule has 5 heteroatoms. The van der Waals surface area contributed by atoms with E-state index in [9.17, 15) is 0 Å². The van der Waals surface area contributed by atoms with Crippen molar-refractivity contribution in [3.8, 4) is 5.75 Å². The van der Waals surface area contributed by atoms with Gasteiger partial charge in [-0.1, -0.05) is 24.6 Å². The van der Waals surface area contributed by atoms with Crippen LogP contribution in [0.15, 0.2) is 29.3 Å². The van der Waals surface area contributed by atoms with Crippen molar-refractivity contribution < 1.29 is 4.74 Å². The highest BCUT2D eigenvalue weighted by atomic mass is 127. The van der Waals surface area contributed by atoms with E-state index in [4.69, 9.17) is 10.5 Å². The van der Waals surface area contributed by atoms with Crippen LogP contribution in [0.5, 0.6) is 5.75 Å². The van der Waals surface area contributed by atoms with Crippen molar-refractivity contribution in [3.63, 3.8) is 0 Å². The summed E-state index contributed by atoms with van der Waals surface area (Å²) in [5.41, 5.74) is 7.28. The Morgan fingerprint density at radius 3 is 2.55 bits per heavy atom. The molecular weight excluding hydrogens is 389 g/mol. The molecule has 1 aromatic rings. The maximum absolute atomic E-state index is 6.04. The number of hydrogen-bond acceptors (Lipinski definition) is 2. The number of aliphatic imine (C=N–C) groups is 1. The van der Waals surface area contributed by atoms with E-state index >= 15 is 0 Å². The number of halogens is 1. The van der Waals surface area contributed by atoms with Gasteiger partial charge in [0, 0.05) is 26.1 Å². The highest BCUT2D eigenvalue weighted by Gasteiger charge is 2.16. The zero-order chi connectivity index (χ0) is 15.1. The van der Waals surface area contributed by atoms with E-state index in [1.165, 1.54) is 18.4 Å². The van der Waals surface area contributed by atoms with E-state index in [1.54, 1.807) is 0 Å². The van der Waals surface area contributed by atoms with Crippen molar-refractivity contribution in [2.75, 3.05) is 26.2 Å². The summed E-state index contributed by atoms with van der Waals surface area (Å²) in [6, 6.07) is 8.12. The van der Waals surface area contributed by atoms with E-state index in [-0.39, 0.29) is 24.0 Å². The zero-order valence-electron chi connectivity index (χ0n) is 13.6. The number of aryl methyl sites for hydroxylation is 1. The highest BCUT2D eigenvalue weighted by molar-refractivity contribution is 14.0. The second-order valence-electron chi connectivity index (χ2n) is 5.92. The normalized spacial score (nSPS) is 16.3. The van der Waals surface area contributed by atoms with Crippen LogP contribution in [0.4, 0.5) is 0 Å². The van der Waals surface area contributed by atoms with Gasteiger partial charge in [-0.15, -0.1) is 24.0 Å². The molecule has 1 aliphatic rings. The monoisotopic (exact) mass is 417 g/mol. The Labute approximate surface area is 151 Å². The predicted molar refractivity (Wildman–Crippen MR) is 103 cm³/mol. The summed E-state index contributed by atoms with van der Waals surface area (Å²) in [6.07, 6.45) is 3.32. The molecule has 1 aromatic carbocycles. The fourth-order valence-corrected chi connectivity index (χ4v) is 2.42. The maximum Gasteiger partial charge on any atom is 0.191 e. The number of likely N-dealkylation sites (tertiary alicyclic amines) is 1. The van der Waals surface area contributed by atoms with Gasteiger partial charge in [0.05, 0.1) is 6.61 Å². The zero-order valence-corrected chi connectivity index (χ0v) is 16.0. The molecule has 2 rings (SSSR count). The molecular formula is C17H28IN3O. The van der Waals surface area contributed by atoms with Crippen LogP contribution >= 0.6 is 24.0 Å². The molecule has 0 atom stereocenters. The van der Waals surface area contributed by atoms with Gasteiger partial charge in [0.15, 0.2) is 5.96 Å². The van der Waals surface area contributed by atoms with Crippen molar-refractivity contribution in [1.29, 1.82) is 0 Å². The second kappa shape index (κ2) is 9.92. The van der Waals surface area contributed by atoms with Crippen LogP contribution in [0, 0.1) is 12.8 Å². The van der Waals surface area contributed by atoms with Crippen LogP contribution in [0.1, 0.15) is 31.7 Å². The second-order valence-corrected chi connectivity index (χ2v) is 5.92. The fourth-order valence-electron chi connectivity index (χ4n) is 2.42. The number of benzene rings is 1. The minimum atomic E-state index is 0. The first kappa shape index (κ1) is 19.1. The fraction of sp³-hybridized carbons (Fsp3) is 0.588. The number of nitrogens with zero attached hydrogens (tertiary/aromatic N) is 2. The van der Waals surface area contributed by atoms with E-state index < -0.39 is 0 Å². The minimum absolute atomic E-state index is 0. The summed E-state index contributed by atoms with van der Waals surface area (Å²) in [4.78, 5) is 6.65. The number of guanidine groups is 1. The van der Waals surface area contributed by atoms with Crippen molar-refractivity contribution in [3.05, 3.63) is 29.8 Å². The Morgan fingerprint density at radius 2 is 1.91 bits per heavy atom. The largest absolute Gasteiger partial charge is 0.494 e. The average Bonchev–Trinajstić information content (AvgIpc) is 2.49. The highest BCUT2D eigenvalue weighted by Crippen LogP contribution is 2.15. The van der Waals surface area contributed by atoms with Gasteiger partial charge in [-0.25, -0.2) is 0 Å². The summed E-state index contributed by atoms with van der Waals surface area (Å²) in [6.45, 7) is 7.85. The van der Waals surface area contributed by atoms with Gasteiger partial charge in [-0.05, 0) is 37.8 Å². The summed E-state index contributed by atoms with van der Waals surface area (Å²) >= 11 is 0. The van der Waals surface area contributed by atoms with Crippen molar-refractivity contribution in [2.45, 2.75) is 33.1 Å². The van der Waals surface area contributed by atoms with E-state index in [0.717, 1.165) is 37.7 Å². The SMILES string of the molecule is Cc1ccc(OCCCN=C(N)N2CCC(C)CC2)cc1.I. The molecule has 0 saturated carbocycles. The van der Waals surface area contributed by atoms with E-state index in [1.807, 2.05) is 12.1 Å². The van der Waals surface area contributed by atoms with Crippen molar-refractivity contribution in [2.24, 2.45) is 16.6 Å². The molecule has 1 aliphatic heterocycles. The summed E-state index contributed by atoms with van der Waals surface area (Å²) < 4.78 is 5.68. The number of piperidine rings is 1. The smallest absolute Gasteiger partial charge is 0.191 e. The van der Waals surface area contributed by atoms with Crippen LogP contribution in [0.3, 0.4) is 0 Å². The lowest BCUT2D eigenvalue weighted by Gasteiger charge is -2.31. The van der Waals surface area contributed by atoms with E-state index in [0.29, 0.717) is 12.6 Å². The maximum atomic E-state index is 6.04. The van der Waals surface area contributed by atoms with Gasteiger partial charge in [0.1, 0.15) is 5.75 Å². The van der Waals surface area contributed by atoms with Gasteiger partial charge < -0.3 is 15.4 Å². The van der Waals surface area contributed by atoms with Gasteiger partial charge in [0.25, 0.3) is 0 Å². The molecule has 0 spiro atoms. The van der Waals surface area contributed by atoms with Gasteiger partial charge in [-0.2, -0.15) is 0 Å². The molecule has 0 unspecified atom stereocenters. The number of nitrogens with two attached hydrogens (primary N) is 1. The van der Waals surface area contributed by atoms with Crippen LogP contribution in [0.25, 0.3) is 0 Å². The molecule has 4 nitrogen and oxygen atoms in total. The Kier molecular flexibility index (Phi) is 8.60. The van der Waals surface area contributed by atoms with E-state index in [2.05, 4.69) is 35.9 Å². The topological polar surface area (TPSA) is 50.9 Å².